The summed E-state index contributed by atoms with van der Waals surface area (Å²) in [5.41, 5.74) is 0.213. The van der Waals surface area contributed by atoms with E-state index in [2.05, 4.69) is 5.32 Å². The van der Waals surface area contributed by atoms with Crippen molar-refractivity contribution in [2.45, 2.75) is 6.54 Å². The van der Waals surface area contributed by atoms with E-state index in [0.29, 0.717) is 11.3 Å². The Labute approximate surface area is 118 Å². The maximum absolute atomic E-state index is 12.8. The van der Waals surface area contributed by atoms with E-state index in [0.717, 1.165) is 6.07 Å². The highest BCUT2D eigenvalue weighted by Crippen LogP contribution is 2.25. The first-order valence-corrected chi connectivity index (χ1v) is 5.88. The summed E-state index contributed by atoms with van der Waals surface area (Å²) >= 11 is 0. The topological polar surface area (TPSA) is 98.3 Å². The van der Waals surface area contributed by atoms with Crippen LogP contribution < -0.4 is 5.32 Å². The molecule has 7 nitrogen and oxygen atoms in total. The molecule has 0 amide bonds. The summed E-state index contributed by atoms with van der Waals surface area (Å²) in [6, 6.07) is 8.95. The lowest BCUT2D eigenvalue weighted by Crippen LogP contribution is -2.04. The molecular formula is C13H10FN3O4. The summed E-state index contributed by atoms with van der Waals surface area (Å²) < 4.78 is 12.8. The Morgan fingerprint density at radius 2 is 1.67 bits per heavy atom. The van der Waals surface area contributed by atoms with Crippen LogP contribution >= 0.6 is 0 Å². The third-order valence-corrected chi connectivity index (χ3v) is 2.80. The molecular weight excluding hydrogens is 281 g/mol. The van der Waals surface area contributed by atoms with E-state index in [1.54, 1.807) is 0 Å². The van der Waals surface area contributed by atoms with Gasteiger partial charge >= 0.3 is 0 Å². The number of benzene rings is 2. The summed E-state index contributed by atoms with van der Waals surface area (Å²) in [7, 11) is 0. The van der Waals surface area contributed by atoms with Crippen molar-refractivity contribution in [3.8, 4) is 0 Å². The lowest BCUT2D eigenvalue weighted by atomic mass is 10.1. The van der Waals surface area contributed by atoms with Crippen molar-refractivity contribution in [3.05, 3.63) is 74.1 Å². The molecule has 0 aliphatic carbocycles. The van der Waals surface area contributed by atoms with Gasteiger partial charge in [-0.2, -0.15) is 0 Å². The van der Waals surface area contributed by atoms with Crippen LogP contribution in [0, 0.1) is 26.0 Å². The predicted octanol–water partition coefficient (Wildman–Crippen LogP) is 3.25. The molecule has 2 aromatic rings. The minimum Gasteiger partial charge on any atom is -0.381 e. The van der Waals surface area contributed by atoms with Crippen LogP contribution in [0.1, 0.15) is 5.56 Å². The first kappa shape index (κ1) is 14.4. The molecule has 2 rings (SSSR count). The van der Waals surface area contributed by atoms with E-state index in [9.17, 15) is 24.6 Å². The fourth-order valence-electron chi connectivity index (χ4n) is 1.75. The maximum atomic E-state index is 12.8. The molecule has 2 aromatic carbocycles. The number of rotatable bonds is 5. The lowest BCUT2D eigenvalue weighted by Gasteiger charge is -2.07. The average molecular weight is 291 g/mol. The van der Waals surface area contributed by atoms with Crippen molar-refractivity contribution in [1.29, 1.82) is 0 Å². The van der Waals surface area contributed by atoms with Gasteiger partial charge in [0.2, 0.25) is 0 Å². The Morgan fingerprint density at radius 1 is 1.00 bits per heavy atom. The number of nitro benzene ring substituents is 2. The number of non-ortho nitro benzene ring substituents is 1. The molecule has 0 saturated carbocycles. The van der Waals surface area contributed by atoms with E-state index in [1.165, 1.54) is 36.4 Å². The van der Waals surface area contributed by atoms with Crippen molar-refractivity contribution in [2.75, 3.05) is 5.32 Å². The van der Waals surface area contributed by atoms with Gasteiger partial charge in [-0.05, 0) is 30.3 Å². The minimum absolute atomic E-state index is 0.0972. The zero-order valence-electron chi connectivity index (χ0n) is 10.7. The molecule has 0 radical (unpaired) electrons. The number of halogens is 1. The van der Waals surface area contributed by atoms with E-state index >= 15 is 0 Å². The summed E-state index contributed by atoms with van der Waals surface area (Å²) in [5, 5.41) is 24.5. The van der Waals surface area contributed by atoms with Crippen LogP contribution in [0.4, 0.5) is 21.5 Å². The van der Waals surface area contributed by atoms with Gasteiger partial charge in [0.25, 0.3) is 11.4 Å². The SMILES string of the molecule is O=[N+]([O-])c1ccc(CNc2ccc(F)cc2)c([N+](=O)[O-])c1. The molecule has 0 bridgehead atoms. The highest BCUT2D eigenvalue weighted by Gasteiger charge is 2.18. The van der Waals surface area contributed by atoms with Crippen LogP contribution in [0.25, 0.3) is 0 Å². The quantitative estimate of drug-likeness (QED) is 0.673. The van der Waals surface area contributed by atoms with Crippen molar-refractivity contribution >= 4 is 17.1 Å². The standard InChI is InChI=1S/C13H10FN3O4/c14-10-2-4-11(5-3-10)15-8-9-1-6-12(16(18)19)7-13(9)17(20)21/h1-7,15H,8H2. The predicted molar refractivity (Wildman–Crippen MR) is 73.5 cm³/mol. The van der Waals surface area contributed by atoms with E-state index in [1.807, 2.05) is 0 Å². The van der Waals surface area contributed by atoms with Gasteiger partial charge in [-0.3, -0.25) is 20.2 Å². The van der Waals surface area contributed by atoms with Gasteiger partial charge in [0, 0.05) is 23.9 Å². The molecule has 0 saturated heterocycles. The van der Waals surface area contributed by atoms with E-state index < -0.39 is 9.85 Å². The van der Waals surface area contributed by atoms with Gasteiger partial charge in [-0.15, -0.1) is 0 Å². The van der Waals surface area contributed by atoms with Crippen LogP contribution in [0.2, 0.25) is 0 Å². The summed E-state index contributed by atoms with van der Waals surface area (Å²) in [5.74, 6) is -0.387. The molecule has 108 valence electrons. The zero-order valence-corrected chi connectivity index (χ0v) is 10.7. The van der Waals surface area contributed by atoms with Crippen molar-refractivity contribution < 1.29 is 14.2 Å². The van der Waals surface area contributed by atoms with Crippen molar-refractivity contribution in [3.63, 3.8) is 0 Å². The number of hydrogen-bond donors (Lipinski definition) is 1. The molecule has 0 heterocycles. The number of nitro groups is 2. The van der Waals surface area contributed by atoms with E-state index in [-0.39, 0.29) is 23.7 Å². The number of nitrogens with zero attached hydrogens (tertiary/aromatic N) is 2. The molecule has 21 heavy (non-hydrogen) atoms. The number of anilines is 1. The smallest absolute Gasteiger partial charge is 0.281 e. The molecule has 8 heteroatoms. The Bertz CT molecular complexity index is 688. The molecule has 0 unspecified atom stereocenters. The normalized spacial score (nSPS) is 10.1. The molecule has 1 N–H and O–H groups in total. The fourth-order valence-corrected chi connectivity index (χ4v) is 1.75. The lowest BCUT2D eigenvalue weighted by molar-refractivity contribution is -0.394. The van der Waals surface area contributed by atoms with Gasteiger partial charge in [0.05, 0.1) is 15.9 Å². The van der Waals surface area contributed by atoms with Crippen LogP contribution in [0.3, 0.4) is 0 Å². The number of hydrogen-bond acceptors (Lipinski definition) is 5. The second-order valence-corrected chi connectivity index (χ2v) is 4.19. The van der Waals surface area contributed by atoms with Gasteiger partial charge in [0.15, 0.2) is 0 Å². The summed E-state index contributed by atoms with van der Waals surface area (Å²) in [4.78, 5) is 20.2. The van der Waals surface area contributed by atoms with Crippen molar-refractivity contribution in [1.82, 2.24) is 0 Å². The largest absolute Gasteiger partial charge is 0.381 e. The Balaban J connectivity index is 2.21. The van der Waals surface area contributed by atoms with Crippen LogP contribution in [-0.2, 0) is 6.54 Å². The molecule has 0 spiro atoms. The zero-order chi connectivity index (χ0) is 15.4. The molecule has 0 aliphatic rings. The Hall–Kier alpha value is -3.03. The maximum Gasteiger partial charge on any atom is 0.281 e. The molecule has 0 aromatic heterocycles. The summed E-state index contributed by atoms with van der Waals surface area (Å²) in [6.07, 6.45) is 0. The van der Waals surface area contributed by atoms with Crippen LogP contribution in [0.5, 0.6) is 0 Å². The molecule has 0 aliphatic heterocycles. The fraction of sp³-hybridized carbons (Fsp3) is 0.0769. The van der Waals surface area contributed by atoms with E-state index in [4.69, 9.17) is 0 Å². The summed E-state index contributed by atoms with van der Waals surface area (Å²) in [6.45, 7) is 0.0972. The first-order chi connectivity index (χ1) is 9.97. The van der Waals surface area contributed by atoms with Gasteiger partial charge in [0.1, 0.15) is 5.82 Å². The van der Waals surface area contributed by atoms with Crippen molar-refractivity contribution in [2.24, 2.45) is 0 Å². The first-order valence-electron chi connectivity index (χ1n) is 5.88. The third-order valence-electron chi connectivity index (χ3n) is 2.80. The third kappa shape index (κ3) is 3.50. The Morgan fingerprint density at radius 3 is 2.24 bits per heavy atom. The van der Waals surface area contributed by atoms with Gasteiger partial charge < -0.3 is 5.32 Å². The Kier molecular flexibility index (Phi) is 4.07. The van der Waals surface area contributed by atoms with Gasteiger partial charge in [-0.1, -0.05) is 0 Å². The van der Waals surface area contributed by atoms with Gasteiger partial charge in [-0.25, -0.2) is 4.39 Å². The minimum atomic E-state index is -0.690. The highest BCUT2D eigenvalue weighted by molar-refractivity contribution is 5.51. The number of nitrogens with one attached hydrogen (secondary N) is 1. The monoisotopic (exact) mass is 291 g/mol. The average Bonchev–Trinajstić information content (AvgIpc) is 2.46. The second-order valence-electron chi connectivity index (χ2n) is 4.19. The highest BCUT2D eigenvalue weighted by atomic mass is 19.1. The molecule has 0 fully saturated rings. The second kappa shape index (κ2) is 5.95. The molecule has 0 atom stereocenters. The van der Waals surface area contributed by atoms with Crippen LogP contribution in [0.15, 0.2) is 42.5 Å². The van der Waals surface area contributed by atoms with Crippen LogP contribution in [-0.4, -0.2) is 9.85 Å².